The molecule has 170 valence electrons. The van der Waals surface area contributed by atoms with E-state index in [0.717, 1.165) is 0 Å². The summed E-state index contributed by atoms with van der Waals surface area (Å²) in [7, 11) is 0. The molecule has 0 radical (unpaired) electrons. The van der Waals surface area contributed by atoms with Crippen LogP contribution < -0.4 is 14.4 Å². The maximum atomic E-state index is 12.7. The molecule has 0 saturated carbocycles. The highest BCUT2D eigenvalue weighted by Crippen LogP contribution is 2.33. The van der Waals surface area contributed by atoms with Gasteiger partial charge in [0.25, 0.3) is 5.91 Å². The number of anilines is 1. The first-order valence-corrected chi connectivity index (χ1v) is 11.1. The van der Waals surface area contributed by atoms with Gasteiger partial charge in [0.2, 0.25) is 5.91 Å². The Hall–Kier alpha value is -3.06. The van der Waals surface area contributed by atoms with Crippen molar-refractivity contribution in [1.82, 2.24) is 4.90 Å². The Kier molecular flexibility index (Phi) is 8.11. The summed E-state index contributed by atoms with van der Waals surface area (Å²) >= 11 is 6.07. The number of rotatable bonds is 10. The number of nitrogens with zero attached hydrogens (tertiary/aromatic N) is 2. The summed E-state index contributed by atoms with van der Waals surface area (Å²) in [6.45, 7) is 5.33. The molecule has 1 aliphatic heterocycles. The van der Waals surface area contributed by atoms with E-state index in [-0.39, 0.29) is 30.8 Å². The summed E-state index contributed by atoms with van der Waals surface area (Å²) in [5.41, 5.74) is 0.929. The van der Waals surface area contributed by atoms with Gasteiger partial charge in [0.05, 0.1) is 10.7 Å². The zero-order chi connectivity index (χ0) is 23.1. The second kappa shape index (κ2) is 11.0. The van der Waals surface area contributed by atoms with Gasteiger partial charge in [-0.15, -0.1) is 0 Å². The van der Waals surface area contributed by atoms with E-state index < -0.39 is 0 Å². The van der Waals surface area contributed by atoms with Crippen molar-refractivity contribution in [2.75, 3.05) is 37.7 Å². The molecule has 0 saturated heterocycles. The van der Waals surface area contributed by atoms with Crippen molar-refractivity contribution < 1.29 is 23.9 Å². The molecule has 2 amide bonds. The lowest BCUT2D eigenvalue weighted by molar-refractivity contribution is -0.131. The summed E-state index contributed by atoms with van der Waals surface area (Å²) in [6, 6.07) is 11.9. The van der Waals surface area contributed by atoms with Crippen LogP contribution in [0.15, 0.2) is 42.5 Å². The highest BCUT2D eigenvalue weighted by Gasteiger charge is 2.26. The van der Waals surface area contributed by atoms with Gasteiger partial charge in [-0.3, -0.25) is 14.4 Å². The van der Waals surface area contributed by atoms with Gasteiger partial charge in [-0.05, 0) is 50.6 Å². The Bertz CT molecular complexity index is 990. The maximum absolute atomic E-state index is 12.7. The highest BCUT2D eigenvalue weighted by molar-refractivity contribution is 6.32. The van der Waals surface area contributed by atoms with E-state index in [4.69, 9.17) is 21.1 Å². The topological polar surface area (TPSA) is 76.2 Å². The number of benzene rings is 2. The minimum Gasteiger partial charge on any atom is -0.484 e. The van der Waals surface area contributed by atoms with Crippen molar-refractivity contribution in [1.29, 1.82) is 0 Å². The molecular formula is C24H27ClN2O5. The van der Waals surface area contributed by atoms with Crippen LogP contribution in [0.2, 0.25) is 5.02 Å². The smallest absolute Gasteiger partial charge is 0.265 e. The zero-order valence-corrected chi connectivity index (χ0v) is 19.1. The second-order valence-electron chi connectivity index (χ2n) is 7.33. The van der Waals surface area contributed by atoms with Crippen molar-refractivity contribution >= 4 is 34.9 Å². The van der Waals surface area contributed by atoms with Gasteiger partial charge in [0.15, 0.2) is 19.0 Å². The van der Waals surface area contributed by atoms with Gasteiger partial charge in [-0.25, -0.2) is 0 Å². The van der Waals surface area contributed by atoms with E-state index in [1.807, 2.05) is 13.8 Å². The van der Waals surface area contributed by atoms with Gasteiger partial charge in [-0.2, -0.15) is 0 Å². The van der Waals surface area contributed by atoms with Crippen molar-refractivity contribution in [2.24, 2.45) is 0 Å². The number of fused-ring (bicyclic) bond motifs is 1. The second-order valence-corrected chi connectivity index (χ2v) is 7.74. The first-order chi connectivity index (χ1) is 15.4. The number of halogens is 1. The van der Waals surface area contributed by atoms with Crippen LogP contribution in [-0.4, -0.2) is 55.3 Å². The molecule has 7 nitrogen and oxygen atoms in total. The average molecular weight is 459 g/mol. The molecule has 0 unspecified atom stereocenters. The van der Waals surface area contributed by atoms with Crippen molar-refractivity contribution in [3.05, 3.63) is 53.1 Å². The normalized spacial score (nSPS) is 12.7. The van der Waals surface area contributed by atoms with E-state index in [0.29, 0.717) is 60.2 Å². The zero-order valence-electron chi connectivity index (χ0n) is 18.3. The molecule has 0 bridgehead atoms. The predicted octanol–water partition coefficient (Wildman–Crippen LogP) is 3.98. The Labute approximate surface area is 192 Å². The van der Waals surface area contributed by atoms with Crippen LogP contribution >= 0.6 is 11.6 Å². The number of amides is 2. The molecule has 0 aromatic heterocycles. The van der Waals surface area contributed by atoms with Crippen LogP contribution in [0.1, 0.15) is 37.0 Å². The van der Waals surface area contributed by atoms with Crippen LogP contribution in [0.3, 0.4) is 0 Å². The van der Waals surface area contributed by atoms with Crippen LogP contribution in [0, 0.1) is 0 Å². The van der Waals surface area contributed by atoms with Gasteiger partial charge >= 0.3 is 0 Å². The first kappa shape index (κ1) is 23.6. The lowest BCUT2D eigenvalue weighted by Crippen LogP contribution is -2.40. The first-order valence-electron chi connectivity index (χ1n) is 10.7. The molecule has 0 fully saturated rings. The van der Waals surface area contributed by atoms with E-state index in [1.165, 1.54) is 0 Å². The number of carbonyl (C=O) groups is 3. The number of hydrogen-bond donors (Lipinski definition) is 0. The third kappa shape index (κ3) is 5.59. The molecule has 2 aromatic carbocycles. The Morgan fingerprint density at radius 1 is 1.16 bits per heavy atom. The summed E-state index contributed by atoms with van der Waals surface area (Å²) in [6.07, 6.45) is 0.875. The summed E-state index contributed by atoms with van der Waals surface area (Å²) in [5, 5.41) is 0.426. The standard InChI is InChI=1S/C24H27ClN2O5/c1-3-26(4-2)23(29)10-7-13-27-19-14-17(11-12-22(19)32-16-24(27)30)20(28)15-31-21-9-6-5-8-18(21)25/h5-6,8-9,11-12,14H,3-4,7,10,13,15-16H2,1-2H3. The molecular weight excluding hydrogens is 432 g/mol. The molecule has 3 rings (SSSR count). The van der Waals surface area contributed by atoms with Gasteiger partial charge < -0.3 is 19.3 Å². The van der Waals surface area contributed by atoms with E-state index >= 15 is 0 Å². The molecule has 32 heavy (non-hydrogen) atoms. The van der Waals surface area contributed by atoms with Crippen molar-refractivity contribution in [3.8, 4) is 11.5 Å². The Morgan fingerprint density at radius 3 is 2.62 bits per heavy atom. The molecule has 0 aliphatic carbocycles. The number of hydrogen-bond acceptors (Lipinski definition) is 5. The molecule has 0 N–H and O–H groups in total. The number of para-hydroxylation sites is 1. The lowest BCUT2D eigenvalue weighted by atomic mass is 10.1. The number of carbonyl (C=O) groups excluding carboxylic acids is 3. The highest BCUT2D eigenvalue weighted by atomic mass is 35.5. The largest absolute Gasteiger partial charge is 0.484 e. The average Bonchev–Trinajstić information content (AvgIpc) is 2.80. The molecule has 0 atom stereocenters. The number of ether oxygens (including phenoxy) is 2. The molecule has 8 heteroatoms. The SMILES string of the molecule is CCN(CC)C(=O)CCCN1C(=O)COc2ccc(C(=O)COc3ccccc3Cl)cc21. The van der Waals surface area contributed by atoms with Gasteiger partial charge in [-0.1, -0.05) is 23.7 Å². The fourth-order valence-electron chi connectivity index (χ4n) is 3.53. The summed E-state index contributed by atoms with van der Waals surface area (Å²) < 4.78 is 11.1. The number of ketones is 1. The van der Waals surface area contributed by atoms with E-state index in [1.54, 1.807) is 52.3 Å². The quantitative estimate of drug-likeness (QED) is 0.503. The van der Waals surface area contributed by atoms with E-state index in [2.05, 4.69) is 0 Å². The summed E-state index contributed by atoms with van der Waals surface area (Å²) in [5.74, 6) is 0.574. The molecule has 1 aliphatic rings. The van der Waals surface area contributed by atoms with E-state index in [9.17, 15) is 14.4 Å². The fourth-order valence-corrected chi connectivity index (χ4v) is 3.72. The molecule has 1 heterocycles. The fraction of sp³-hybridized carbons (Fsp3) is 0.375. The minimum atomic E-state index is -0.248. The van der Waals surface area contributed by atoms with Crippen LogP contribution in [-0.2, 0) is 9.59 Å². The maximum Gasteiger partial charge on any atom is 0.265 e. The van der Waals surface area contributed by atoms with Crippen molar-refractivity contribution in [3.63, 3.8) is 0 Å². The third-order valence-electron chi connectivity index (χ3n) is 5.31. The summed E-state index contributed by atoms with van der Waals surface area (Å²) in [4.78, 5) is 40.8. The van der Waals surface area contributed by atoms with Crippen LogP contribution in [0.4, 0.5) is 5.69 Å². The third-order valence-corrected chi connectivity index (χ3v) is 5.62. The predicted molar refractivity (Wildman–Crippen MR) is 123 cm³/mol. The minimum absolute atomic E-state index is 0.0663. The van der Waals surface area contributed by atoms with Crippen LogP contribution in [0.5, 0.6) is 11.5 Å². The van der Waals surface area contributed by atoms with Crippen molar-refractivity contribution in [2.45, 2.75) is 26.7 Å². The number of Topliss-reactive ketones (excluding diaryl/α,β-unsaturated/α-hetero) is 1. The van der Waals surface area contributed by atoms with Gasteiger partial charge in [0.1, 0.15) is 11.5 Å². The lowest BCUT2D eigenvalue weighted by Gasteiger charge is -2.30. The Balaban J connectivity index is 1.68. The van der Waals surface area contributed by atoms with Gasteiger partial charge in [0, 0.05) is 31.6 Å². The molecule has 0 spiro atoms. The monoisotopic (exact) mass is 458 g/mol. The molecule has 2 aromatic rings. The Morgan fingerprint density at radius 2 is 1.91 bits per heavy atom. The van der Waals surface area contributed by atoms with Crippen LogP contribution in [0.25, 0.3) is 0 Å².